The number of rotatable bonds is 7. The van der Waals surface area contributed by atoms with Gasteiger partial charge in [-0.3, -0.25) is 19.6 Å². The fourth-order valence-corrected chi connectivity index (χ4v) is 5.33. The molecule has 3 heterocycles. The molecule has 37 heavy (non-hydrogen) atoms. The maximum Gasteiger partial charge on any atom is 0.255 e. The molecule has 0 spiro atoms. The maximum atomic E-state index is 13.8. The molecule has 1 saturated heterocycles. The summed E-state index contributed by atoms with van der Waals surface area (Å²) in [7, 11) is 3.74. The van der Waals surface area contributed by atoms with Crippen LogP contribution in [0.3, 0.4) is 0 Å². The van der Waals surface area contributed by atoms with Crippen molar-refractivity contribution >= 4 is 17.5 Å². The van der Waals surface area contributed by atoms with Crippen molar-refractivity contribution < 1.29 is 14.3 Å². The first-order valence-corrected chi connectivity index (χ1v) is 12.6. The second-order valence-corrected chi connectivity index (χ2v) is 10.3. The Labute approximate surface area is 217 Å². The van der Waals surface area contributed by atoms with E-state index in [0.717, 1.165) is 49.5 Å². The summed E-state index contributed by atoms with van der Waals surface area (Å²) >= 11 is 0. The summed E-state index contributed by atoms with van der Waals surface area (Å²) in [6.07, 6.45) is 1.68. The standard InChI is InChI=1S/C28H34N6O3/c1-28(2)25-22(24-9-10-29-31-24)17-19(26(35)30-20-5-7-21(37-4)8-6-20)18-23(25)27(36)34(28)16-15-33-13-11-32(3)12-14-33/h5-10,17-18H,11-16H2,1-4H3,(H,29,31)(H,30,35). The number of fused-ring (bicyclic) bond motifs is 1. The molecule has 0 aliphatic carbocycles. The second kappa shape index (κ2) is 9.99. The van der Waals surface area contributed by atoms with E-state index in [9.17, 15) is 9.59 Å². The van der Waals surface area contributed by atoms with E-state index in [1.807, 2.05) is 17.0 Å². The van der Waals surface area contributed by atoms with Gasteiger partial charge >= 0.3 is 0 Å². The third-order valence-electron chi connectivity index (χ3n) is 7.54. The molecule has 2 aliphatic rings. The third-order valence-corrected chi connectivity index (χ3v) is 7.54. The summed E-state index contributed by atoms with van der Waals surface area (Å²) in [5.41, 5.74) is 3.60. The topological polar surface area (TPSA) is 93.8 Å². The SMILES string of the molecule is COc1ccc(NC(=O)c2cc3c(c(-c4ccn[nH]4)c2)C(C)(C)N(CCN2CCN(C)CC2)C3=O)cc1. The van der Waals surface area contributed by atoms with Crippen LogP contribution in [0.5, 0.6) is 5.75 Å². The van der Waals surface area contributed by atoms with Crippen molar-refractivity contribution in [3.05, 3.63) is 65.4 Å². The number of likely N-dealkylation sites (N-methyl/N-ethyl adjacent to an activating group) is 1. The Kier molecular flexibility index (Phi) is 6.74. The lowest BCUT2D eigenvalue weighted by molar-refractivity contribution is 0.0557. The highest BCUT2D eigenvalue weighted by molar-refractivity contribution is 6.09. The fraction of sp³-hybridized carbons (Fsp3) is 0.393. The summed E-state index contributed by atoms with van der Waals surface area (Å²) in [4.78, 5) is 33.8. The van der Waals surface area contributed by atoms with Crippen LogP contribution in [-0.2, 0) is 5.54 Å². The summed E-state index contributed by atoms with van der Waals surface area (Å²) in [5, 5.41) is 10.1. The molecule has 0 saturated carbocycles. The molecule has 9 heteroatoms. The van der Waals surface area contributed by atoms with Gasteiger partial charge in [0, 0.05) is 67.8 Å². The molecular formula is C28H34N6O3. The number of methoxy groups -OCH3 is 1. The smallest absolute Gasteiger partial charge is 0.255 e. The van der Waals surface area contributed by atoms with Crippen LogP contribution in [0.2, 0.25) is 0 Å². The number of amides is 2. The molecule has 2 amide bonds. The Bertz CT molecular complexity index is 1280. The quantitative estimate of drug-likeness (QED) is 0.515. The number of anilines is 1. The van der Waals surface area contributed by atoms with Gasteiger partial charge in [-0.25, -0.2) is 0 Å². The van der Waals surface area contributed by atoms with E-state index < -0.39 is 5.54 Å². The van der Waals surface area contributed by atoms with Crippen LogP contribution in [0.25, 0.3) is 11.3 Å². The molecule has 9 nitrogen and oxygen atoms in total. The molecule has 0 radical (unpaired) electrons. The van der Waals surface area contributed by atoms with Crippen molar-refractivity contribution in [3.63, 3.8) is 0 Å². The Hall–Kier alpha value is -3.69. The van der Waals surface area contributed by atoms with Crippen LogP contribution < -0.4 is 10.1 Å². The number of aromatic amines is 1. The van der Waals surface area contributed by atoms with E-state index in [1.165, 1.54) is 0 Å². The van der Waals surface area contributed by atoms with Crippen LogP contribution >= 0.6 is 0 Å². The zero-order chi connectivity index (χ0) is 26.2. The van der Waals surface area contributed by atoms with E-state index in [1.54, 1.807) is 43.6 Å². The minimum atomic E-state index is -0.537. The van der Waals surface area contributed by atoms with Gasteiger partial charge in [0.25, 0.3) is 11.8 Å². The van der Waals surface area contributed by atoms with Crippen molar-refractivity contribution in [1.29, 1.82) is 0 Å². The molecule has 1 fully saturated rings. The van der Waals surface area contributed by atoms with Gasteiger partial charge in [-0.2, -0.15) is 5.10 Å². The summed E-state index contributed by atoms with van der Waals surface area (Å²) in [5.74, 6) is 0.380. The number of carbonyl (C=O) groups is 2. The molecule has 3 aromatic rings. The van der Waals surface area contributed by atoms with Gasteiger partial charge < -0.3 is 19.9 Å². The summed E-state index contributed by atoms with van der Waals surface area (Å²) in [6, 6.07) is 12.6. The predicted octanol–water partition coefficient (Wildman–Crippen LogP) is 3.28. The van der Waals surface area contributed by atoms with Crippen molar-refractivity contribution in [2.45, 2.75) is 19.4 Å². The van der Waals surface area contributed by atoms with Crippen LogP contribution in [0.4, 0.5) is 5.69 Å². The fourth-order valence-electron chi connectivity index (χ4n) is 5.33. The summed E-state index contributed by atoms with van der Waals surface area (Å²) < 4.78 is 5.20. The molecule has 1 aromatic heterocycles. The maximum absolute atomic E-state index is 13.8. The molecule has 0 atom stereocenters. The van der Waals surface area contributed by atoms with E-state index >= 15 is 0 Å². The van der Waals surface area contributed by atoms with Crippen LogP contribution in [0.15, 0.2) is 48.7 Å². The predicted molar refractivity (Wildman–Crippen MR) is 143 cm³/mol. The number of hydrogen-bond donors (Lipinski definition) is 2. The number of carbonyl (C=O) groups excluding carboxylic acids is 2. The highest BCUT2D eigenvalue weighted by atomic mass is 16.5. The highest BCUT2D eigenvalue weighted by Crippen LogP contribution is 2.44. The monoisotopic (exact) mass is 502 g/mol. The highest BCUT2D eigenvalue weighted by Gasteiger charge is 2.45. The molecule has 2 aromatic carbocycles. The summed E-state index contributed by atoms with van der Waals surface area (Å²) in [6.45, 7) is 9.68. The number of hydrogen-bond acceptors (Lipinski definition) is 6. The molecule has 2 aliphatic heterocycles. The number of nitrogens with zero attached hydrogens (tertiary/aromatic N) is 4. The molecule has 2 N–H and O–H groups in total. The van der Waals surface area contributed by atoms with E-state index in [4.69, 9.17) is 4.74 Å². The van der Waals surface area contributed by atoms with Crippen LogP contribution in [0.1, 0.15) is 40.1 Å². The molecular weight excluding hydrogens is 468 g/mol. The normalized spacial score (nSPS) is 17.6. The Morgan fingerprint density at radius 2 is 1.76 bits per heavy atom. The molecule has 0 unspecified atom stereocenters. The van der Waals surface area contributed by atoms with Gasteiger partial charge in [0.15, 0.2) is 0 Å². The average Bonchev–Trinajstić information content (AvgIpc) is 3.50. The first-order valence-electron chi connectivity index (χ1n) is 12.6. The van der Waals surface area contributed by atoms with E-state index in [-0.39, 0.29) is 11.8 Å². The van der Waals surface area contributed by atoms with Crippen molar-refractivity contribution in [3.8, 4) is 17.0 Å². The number of piperazine rings is 1. The number of aromatic nitrogens is 2. The molecule has 5 rings (SSSR count). The Balaban J connectivity index is 1.45. The van der Waals surface area contributed by atoms with Gasteiger partial charge in [-0.15, -0.1) is 0 Å². The lowest BCUT2D eigenvalue weighted by Crippen LogP contribution is -2.49. The van der Waals surface area contributed by atoms with Crippen molar-refractivity contribution in [2.75, 3.05) is 58.7 Å². The zero-order valence-electron chi connectivity index (χ0n) is 21.9. The lowest BCUT2D eigenvalue weighted by Gasteiger charge is -2.37. The number of benzene rings is 2. The lowest BCUT2D eigenvalue weighted by atomic mass is 9.86. The van der Waals surface area contributed by atoms with E-state index in [2.05, 4.69) is 46.2 Å². The number of H-pyrrole nitrogens is 1. The van der Waals surface area contributed by atoms with Gasteiger partial charge in [-0.1, -0.05) is 0 Å². The van der Waals surface area contributed by atoms with E-state index in [0.29, 0.717) is 29.1 Å². The number of nitrogens with one attached hydrogen (secondary N) is 2. The minimum Gasteiger partial charge on any atom is -0.497 e. The first kappa shape index (κ1) is 25.0. The van der Waals surface area contributed by atoms with Gasteiger partial charge in [0.05, 0.1) is 18.3 Å². The van der Waals surface area contributed by atoms with Crippen molar-refractivity contribution in [1.82, 2.24) is 24.9 Å². The van der Waals surface area contributed by atoms with Gasteiger partial charge in [-0.05, 0) is 68.9 Å². The molecule has 0 bridgehead atoms. The minimum absolute atomic E-state index is 0.0472. The zero-order valence-corrected chi connectivity index (χ0v) is 21.9. The first-order chi connectivity index (χ1) is 17.8. The van der Waals surface area contributed by atoms with Gasteiger partial charge in [0.2, 0.25) is 0 Å². The van der Waals surface area contributed by atoms with Crippen LogP contribution in [0, 0.1) is 0 Å². The third kappa shape index (κ3) is 4.84. The molecule has 194 valence electrons. The van der Waals surface area contributed by atoms with Crippen LogP contribution in [-0.4, -0.2) is 90.1 Å². The largest absolute Gasteiger partial charge is 0.497 e. The Morgan fingerprint density at radius 3 is 2.41 bits per heavy atom. The Morgan fingerprint density at radius 1 is 1.05 bits per heavy atom. The average molecular weight is 503 g/mol. The second-order valence-electron chi connectivity index (χ2n) is 10.3. The van der Waals surface area contributed by atoms with Gasteiger partial charge in [0.1, 0.15) is 5.75 Å². The van der Waals surface area contributed by atoms with Crippen molar-refractivity contribution in [2.24, 2.45) is 0 Å². The number of ether oxygens (including phenoxy) is 1.